The number of hydrogen-bond acceptors (Lipinski definition) is 4. The minimum Gasteiger partial charge on any atom is -0.396 e. The molecule has 0 aromatic carbocycles. The lowest BCUT2D eigenvalue weighted by Crippen LogP contribution is -2.35. The molecule has 5 nitrogen and oxygen atoms in total. The molecule has 17 heavy (non-hydrogen) atoms. The number of ether oxygens (including phenoxy) is 1. The number of aryl methyl sites for hydroxylation is 1. The minimum absolute atomic E-state index is 0.0980. The molecule has 1 fully saturated rings. The molecule has 2 heterocycles. The Morgan fingerprint density at radius 2 is 2.35 bits per heavy atom. The van der Waals surface area contributed by atoms with Gasteiger partial charge in [0.25, 0.3) is 0 Å². The average Bonchev–Trinajstić information content (AvgIpc) is 2.54. The van der Waals surface area contributed by atoms with Crippen LogP contribution in [-0.2, 0) is 11.8 Å². The topological polar surface area (TPSA) is 65.1 Å². The summed E-state index contributed by atoms with van der Waals surface area (Å²) in [5.41, 5.74) is 7.30. The van der Waals surface area contributed by atoms with E-state index in [9.17, 15) is 4.39 Å². The van der Waals surface area contributed by atoms with Crippen LogP contribution >= 0.6 is 0 Å². The maximum Gasteiger partial charge on any atom is 0.139 e. The highest BCUT2D eigenvalue weighted by molar-refractivity contribution is 5.42. The van der Waals surface area contributed by atoms with Gasteiger partial charge in [0.1, 0.15) is 12.3 Å². The molecule has 0 spiro atoms. The van der Waals surface area contributed by atoms with Gasteiger partial charge in [-0.1, -0.05) is 0 Å². The van der Waals surface area contributed by atoms with E-state index in [4.69, 9.17) is 10.5 Å². The van der Waals surface area contributed by atoms with Gasteiger partial charge in [-0.2, -0.15) is 5.10 Å². The summed E-state index contributed by atoms with van der Waals surface area (Å²) in [5, 5.41) is 7.06. The van der Waals surface area contributed by atoms with Crippen LogP contribution < -0.4 is 11.1 Å². The Labute approximate surface area is 100 Å². The van der Waals surface area contributed by atoms with Gasteiger partial charge in [0.05, 0.1) is 24.2 Å². The van der Waals surface area contributed by atoms with Crippen molar-refractivity contribution >= 4 is 5.69 Å². The Balaban J connectivity index is 2.14. The molecule has 0 bridgehead atoms. The first kappa shape index (κ1) is 12.3. The quantitative estimate of drug-likeness (QED) is 0.804. The number of halogens is 1. The number of anilines is 1. The number of hydrogen-bond donors (Lipinski definition) is 2. The van der Waals surface area contributed by atoms with Crippen LogP contribution in [0.2, 0.25) is 0 Å². The standard InChI is InChI=1S/C11H19FN4O/c1-14-9-3-4-10(17-6-7(9)12)11-8(13)5-15-16(11)2/h5,7,9-10,14H,3-4,6,13H2,1-2H3/t7-,9-,10?/m1/s1. The zero-order valence-corrected chi connectivity index (χ0v) is 10.2. The van der Waals surface area contributed by atoms with Gasteiger partial charge >= 0.3 is 0 Å². The van der Waals surface area contributed by atoms with E-state index < -0.39 is 6.17 Å². The van der Waals surface area contributed by atoms with Crippen molar-refractivity contribution in [2.24, 2.45) is 7.05 Å². The second kappa shape index (κ2) is 5.01. The molecule has 0 aliphatic carbocycles. The lowest BCUT2D eigenvalue weighted by Gasteiger charge is -2.16. The number of nitrogens with one attached hydrogen (secondary N) is 1. The highest BCUT2D eigenvalue weighted by atomic mass is 19.1. The second-order valence-corrected chi connectivity index (χ2v) is 4.42. The molecule has 0 saturated carbocycles. The molecule has 96 valence electrons. The summed E-state index contributed by atoms with van der Waals surface area (Å²) in [7, 11) is 3.60. The van der Waals surface area contributed by atoms with E-state index in [2.05, 4.69) is 10.4 Å². The second-order valence-electron chi connectivity index (χ2n) is 4.42. The van der Waals surface area contributed by atoms with Gasteiger partial charge in [-0.25, -0.2) is 4.39 Å². The van der Waals surface area contributed by atoms with Crippen molar-refractivity contribution in [2.45, 2.75) is 31.2 Å². The average molecular weight is 242 g/mol. The van der Waals surface area contributed by atoms with Gasteiger partial charge in [0.2, 0.25) is 0 Å². The SMILES string of the molecule is CN[C@@H]1CCC(c2c(N)cnn2C)OC[C@H]1F. The molecule has 3 atom stereocenters. The van der Waals surface area contributed by atoms with Gasteiger partial charge in [-0.3, -0.25) is 4.68 Å². The number of aromatic nitrogens is 2. The summed E-state index contributed by atoms with van der Waals surface area (Å²) in [6.45, 7) is 0.0980. The molecule has 6 heteroatoms. The summed E-state index contributed by atoms with van der Waals surface area (Å²) in [6.07, 6.45) is 1.94. The third-order valence-electron chi connectivity index (χ3n) is 3.32. The largest absolute Gasteiger partial charge is 0.396 e. The van der Waals surface area contributed by atoms with Crippen LogP contribution in [0.5, 0.6) is 0 Å². The Morgan fingerprint density at radius 3 is 2.94 bits per heavy atom. The molecule has 1 saturated heterocycles. The predicted molar refractivity (Wildman–Crippen MR) is 63.3 cm³/mol. The molecule has 3 N–H and O–H groups in total. The van der Waals surface area contributed by atoms with Crippen molar-refractivity contribution in [1.29, 1.82) is 0 Å². The van der Waals surface area contributed by atoms with Gasteiger partial charge in [-0.15, -0.1) is 0 Å². The zero-order valence-electron chi connectivity index (χ0n) is 10.2. The summed E-state index contributed by atoms with van der Waals surface area (Å²) in [5.74, 6) is 0. The highest BCUT2D eigenvalue weighted by Crippen LogP contribution is 2.31. The zero-order chi connectivity index (χ0) is 12.4. The van der Waals surface area contributed by atoms with E-state index in [1.807, 2.05) is 7.05 Å². The lowest BCUT2D eigenvalue weighted by molar-refractivity contribution is 0.0235. The van der Waals surface area contributed by atoms with Crippen LogP contribution in [0.3, 0.4) is 0 Å². The first-order valence-corrected chi connectivity index (χ1v) is 5.83. The van der Waals surface area contributed by atoms with E-state index in [-0.39, 0.29) is 18.8 Å². The molecule has 1 unspecified atom stereocenters. The van der Waals surface area contributed by atoms with Crippen LogP contribution in [0.1, 0.15) is 24.6 Å². The van der Waals surface area contributed by atoms with Crippen molar-refractivity contribution in [3.63, 3.8) is 0 Å². The maximum absolute atomic E-state index is 13.7. The molecule has 2 rings (SSSR count). The molecular formula is C11H19FN4O. The summed E-state index contributed by atoms with van der Waals surface area (Å²) >= 11 is 0. The number of rotatable bonds is 2. The maximum atomic E-state index is 13.7. The first-order chi connectivity index (χ1) is 8.13. The van der Waals surface area contributed by atoms with Gasteiger partial charge in [0, 0.05) is 13.1 Å². The van der Waals surface area contributed by atoms with Crippen molar-refractivity contribution < 1.29 is 9.13 Å². The summed E-state index contributed by atoms with van der Waals surface area (Å²) < 4.78 is 21.0. The van der Waals surface area contributed by atoms with Gasteiger partial charge in [0.15, 0.2) is 0 Å². The van der Waals surface area contributed by atoms with Crippen molar-refractivity contribution in [2.75, 3.05) is 19.4 Å². The van der Waals surface area contributed by atoms with Gasteiger partial charge < -0.3 is 15.8 Å². The van der Waals surface area contributed by atoms with Crippen molar-refractivity contribution in [1.82, 2.24) is 15.1 Å². The van der Waals surface area contributed by atoms with E-state index in [1.165, 1.54) is 0 Å². The Hall–Kier alpha value is -1.14. The van der Waals surface area contributed by atoms with E-state index in [0.29, 0.717) is 5.69 Å². The third-order valence-corrected chi connectivity index (χ3v) is 3.32. The fraction of sp³-hybridized carbons (Fsp3) is 0.727. The van der Waals surface area contributed by atoms with Crippen molar-refractivity contribution in [3.8, 4) is 0 Å². The van der Waals surface area contributed by atoms with Crippen LogP contribution in [0.4, 0.5) is 10.1 Å². The van der Waals surface area contributed by atoms with E-state index in [0.717, 1.165) is 18.5 Å². The molecule has 1 aliphatic heterocycles. The first-order valence-electron chi connectivity index (χ1n) is 5.83. The predicted octanol–water partition coefficient (Wildman–Crippen LogP) is 0.780. The Bertz CT molecular complexity index is 362. The minimum atomic E-state index is -0.973. The lowest BCUT2D eigenvalue weighted by atomic mass is 10.0. The summed E-state index contributed by atoms with van der Waals surface area (Å²) in [6, 6.07) is -0.144. The van der Waals surface area contributed by atoms with E-state index >= 15 is 0 Å². The van der Waals surface area contributed by atoms with Crippen LogP contribution in [0.25, 0.3) is 0 Å². The van der Waals surface area contributed by atoms with Crippen LogP contribution in [0.15, 0.2) is 6.20 Å². The van der Waals surface area contributed by atoms with Crippen LogP contribution in [-0.4, -0.2) is 35.6 Å². The number of nitrogens with zero attached hydrogens (tertiary/aromatic N) is 2. The molecule has 0 amide bonds. The fourth-order valence-corrected chi connectivity index (χ4v) is 2.32. The normalized spacial score (nSPS) is 30.2. The summed E-state index contributed by atoms with van der Waals surface area (Å²) in [4.78, 5) is 0. The molecule has 1 aromatic heterocycles. The highest BCUT2D eigenvalue weighted by Gasteiger charge is 2.29. The molecule has 0 radical (unpaired) electrons. The van der Waals surface area contributed by atoms with Crippen LogP contribution in [0, 0.1) is 0 Å². The fourth-order valence-electron chi connectivity index (χ4n) is 2.32. The molecule has 1 aromatic rings. The number of alkyl halides is 1. The number of nitrogen functional groups attached to an aromatic ring is 1. The monoisotopic (exact) mass is 242 g/mol. The Morgan fingerprint density at radius 1 is 1.59 bits per heavy atom. The Kier molecular flexibility index (Phi) is 3.63. The molecular weight excluding hydrogens is 223 g/mol. The third kappa shape index (κ3) is 2.42. The van der Waals surface area contributed by atoms with Gasteiger partial charge in [-0.05, 0) is 19.9 Å². The number of nitrogens with two attached hydrogens (primary N) is 1. The smallest absolute Gasteiger partial charge is 0.139 e. The van der Waals surface area contributed by atoms with Crippen molar-refractivity contribution in [3.05, 3.63) is 11.9 Å². The van der Waals surface area contributed by atoms with E-state index in [1.54, 1.807) is 17.9 Å². The molecule has 1 aliphatic rings.